The maximum absolute atomic E-state index is 12.3. The molecule has 128 valence electrons. The van der Waals surface area contributed by atoms with Crippen molar-refractivity contribution >= 4 is 66.8 Å². The second kappa shape index (κ2) is 7.91. The molecule has 1 aromatic heterocycles. The van der Waals surface area contributed by atoms with Gasteiger partial charge in [0.1, 0.15) is 0 Å². The van der Waals surface area contributed by atoms with Crippen molar-refractivity contribution in [3.05, 3.63) is 78.8 Å². The first-order valence-electron chi connectivity index (χ1n) is 7.16. The zero-order chi connectivity index (χ0) is 18.0. The van der Waals surface area contributed by atoms with Gasteiger partial charge < -0.3 is 5.32 Å². The normalized spacial score (nSPS) is 10.7. The fourth-order valence-electron chi connectivity index (χ4n) is 2.17. The van der Waals surface area contributed by atoms with Gasteiger partial charge in [0.15, 0.2) is 5.82 Å². The van der Waals surface area contributed by atoms with Crippen LogP contribution < -0.4 is 5.32 Å². The highest BCUT2D eigenvalue weighted by molar-refractivity contribution is 9.10. The average Bonchev–Trinajstić information content (AvgIpc) is 2.90. The summed E-state index contributed by atoms with van der Waals surface area (Å²) in [5, 5.41) is 8.33. The van der Waals surface area contributed by atoms with Crippen molar-refractivity contribution in [3.8, 4) is 0 Å². The van der Waals surface area contributed by atoms with Gasteiger partial charge in [0.25, 0.3) is 5.91 Å². The van der Waals surface area contributed by atoms with Gasteiger partial charge in [-0.05, 0) is 57.9 Å². The van der Waals surface area contributed by atoms with E-state index in [2.05, 4.69) is 42.3 Å². The quantitative estimate of drug-likeness (QED) is 0.473. The van der Waals surface area contributed by atoms with Crippen LogP contribution in [0.2, 0.25) is 10.0 Å². The SMILES string of the molecule is O=C(Nc1nn(Cc2ccc(Cl)cc2Cl)cc1Br)c1ccc(Br)cc1. The van der Waals surface area contributed by atoms with Gasteiger partial charge in [0.05, 0.1) is 11.0 Å². The molecular weight excluding hydrogens is 493 g/mol. The second-order valence-corrected chi connectivity index (χ2v) is 7.83. The number of carbonyl (C=O) groups excluding carboxylic acids is 1. The van der Waals surface area contributed by atoms with E-state index in [1.54, 1.807) is 35.1 Å². The molecule has 0 spiro atoms. The first-order valence-corrected chi connectivity index (χ1v) is 9.50. The van der Waals surface area contributed by atoms with E-state index in [9.17, 15) is 4.79 Å². The van der Waals surface area contributed by atoms with Gasteiger partial charge in [-0.2, -0.15) is 5.10 Å². The van der Waals surface area contributed by atoms with Gasteiger partial charge in [-0.15, -0.1) is 0 Å². The summed E-state index contributed by atoms with van der Waals surface area (Å²) < 4.78 is 3.29. The maximum atomic E-state index is 12.3. The standard InChI is InChI=1S/C17H11Br2Cl2N3O/c18-12-4-1-10(2-5-12)17(25)22-16-14(19)9-24(23-16)8-11-3-6-13(20)7-15(11)21/h1-7,9H,8H2,(H,22,23,25). The van der Waals surface area contributed by atoms with Gasteiger partial charge in [-0.1, -0.05) is 45.2 Å². The largest absolute Gasteiger partial charge is 0.304 e. The zero-order valence-electron chi connectivity index (χ0n) is 12.6. The van der Waals surface area contributed by atoms with Gasteiger partial charge in [-0.25, -0.2) is 0 Å². The number of halogens is 4. The highest BCUT2D eigenvalue weighted by atomic mass is 79.9. The molecule has 0 saturated heterocycles. The van der Waals surface area contributed by atoms with Crippen molar-refractivity contribution < 1.29 is 4.79 Å². The number of hydrogen-bond acceptors (Lipinski definition) is 2. The number of aromatic nitrogens is 2. The minimum atomic E-state index is -0.233. The van der Waals surface area contributed by atoms with Crippen LogP contribution in [0.5, 0.6) is 0 Å². The molecule has 3 aromatic rings. The van der Waals surface area contributed by atoms with Crippen LogP contribution in [0.15, 0.2) is 57.6 Å². The lowest BCUT2D eigenvalue weighted by atomic mass is 10.2. The summed E-state index contributed by atoms with van der Waals surface area (Å²) in [5.41, 5.74) is 1.43. The van der Waals surface area contributed by atoms with Gasteiger partial charge in [0, 0.05) is 26.3 Å². The molecule has 0 saturated carbocycles. The van der Waals surface area contributed by atoms with Crippen molar-refractivity contribution in [1.82, 2.24) is 9.78 Å². The summed E-state index contributed by atoms with van der Waals surface area (Å²) in [6.07, 6.45) is 1.78. The molecule has 1 N–H and O–H groups in total. The Morgan fingerprint density at radius 1 is 1.12 bits per heavy atom. The minimum absolute atomic E-state index is 0.233. The van der Waals surface area contributed by atoms with E-state index in [0.717, 1.165) is 10.0 Å². The van der Waals surface area contributed by atoms with Crippen LogP contribution in [-0.2, 0) is 6.54 Å². The van der Waals surface area contributed by atoms with Gasteiger partial charge in [-0.3, -0.25) is 9.48 Å². The van der Waals surface area contributed by atoms with E-state index in [0.29, 0.717) is 32.4 Å². The number of rotatable bonds is 4. The second-order valence-electron chi connectivity index (χ2n) is 5.22. The molecule has 4 nitrogen and oxygen atoms in total. The lowest BCUT2D eigenvalue weighted by molar-refractivity contribution is 0.102. The van der Waals surface area contributed by atoms with E-state index in [1.807, 2.05) is 18.2 Å². The lowest BCUT2D eigenvalue weighted by Gasteiger charge is -2.05. The molecule has 0 aliphatic heterocycles. The topological polar surface area (TPSA) is 46.9 Å². The van der Waals surface area contributed by atoms with Crippen LogP contribution in [-0.4, -0.2) is 15.7 Å². The third kappa shape index (κ3) is 4.64. The summed E-state index contributed by atoms with van der Waals surface area (Å²) in [6.45, 7) is 0.461. The molecule has 0 radical (unpaired) electrons. The molecular formula is C17H11Br2Cl2N3O. The fraction of sp³-hybridized carbons (Fsp3) is 0.0588. The van der Waals surface area contributed by atoms with Crippen LogP contribution in [0.3, 0.4) is 0 Å². The highest BCUT2D eigenvalue weighted by Crippen LogP contribution is 2.25. The average molecular weight is 504 g/mol. The molecule has 0 aliphatic carbocycles. The van der Waals surface area contributed by atoms with Gasteiger partial charge in [0.2, 0.25) is 0 Å². The third-order valence-corrected chi connectivity index (χ3v) is 5.10. The Bertz CT molecular complexity index is 926. The molecule has 25 heavy (non-hydrogen) atoms. The van der Waals surface area contributed by atoms with E-state index in [4.69, 9.17) is 23.2 Å². The van der Waals surface area contributed by atoms with E-state index >= 15 is 0 Å². The Hall–Kier alpha value is -1.34. The maximum Gasteiger partial charge on any atom is 0.256 e. The first-order chi connectivity index (χ1) is 11.9. The summed E-state index contributed by atoms with van der Waals surface area (Å²) in [7, 11) is 0. The van der Waals surface area contributed by atoms with Gasteiger partial charge >= 0.3 is 0 Å². The van der Waals surface area contributed by atoms with E-state index < -0.39 is 0 Å². The number of benzene rings is 2. The molecule has 0 aliphatic rings. The predicted molar refractivity (Wildman–Crippen MR) is 108 cm³/mol. The number of nitrogens with one attached hydrogen (secondary N) is 1. The first kappa shape index (κ1) is 18.5. The lowest BCUT2D eigenvalue weighted by Crippen LogP contribution is -2.13. The molecule has 1 heterocycles. The van der Waals surface area contributed by atoms with Crippen molar-refractivity contribution in [3.63, 3.8) is 0 Å². The Balaban J connectivity index is 1.76. The minimum Gasteiger partial charge on any atom is -0.304 e. The van der Waals surface area contributed by atoms with Crippen LogP contribution in [0.4, 0.5) is 5.82 Å². The van der Waals surface area contributed by atoms with Crippen molar-refractivity contribution in [1.29, 1.82) is 0 Å². The molecule has 1 amide bonds. The summed E-state index contributed by atoms with van der Waals surface area (Å²) in [5.74, 6) is 0.209. The Morgan fingerprint density at radius 2 is 1.84 bits per heavy atom. The van der Waals surface area contributed by atoms with Crippen LogP contribution in [0, 0.1) is 0 Å². The fourth-order valence-corrected chi connectivity index (χ4v) is 3.32. The highest BCUT2D eigenvalue weighted by Gasteiger charge is 2.13. The smallest absolute Gasteiger partial charge is 0.256 e. The molecule has 0 atom stereocenters. The summed E-state index contributed by atoms with van der Waals surface area (Å²) in [4.78, 5) is 12.3. The molecule has 8 heteroatoms. The molecule has 0 unspecified atom stereocenters. The zero-order valence-corrected chi connectivity index (χ0v) is 17.3. The number of hydrogen-bond donors (Lipinski definition) is 1. The van der Waals surface area contributed by atoms with Crippen molar-refractivity contribution in [2.24, 2.45) is 0 Å². The number of anilines is 1. The number of carbonyl (C=O) groups is 1. The third-order valence-electron chi connectivity index (χ3n) is 3.40. The van der Waals surface area contributed by atoms with E-state index in [-0.39, 0.29) is 5.91 Å². The molecule has 3 rings (SSSR count). The number of amides is 1. The summed E-state index contributed by atoms with van der Waals surface area (Å²) >= 11 is 18.9. The summed E-state index contributed by atoms with van der Waals surface area (Å²) in [6, 6.07) is 12.4. The van der Waals surface area contributed by atoms with Crippen LogP contribution >= 0.6 is 55.1 Å². The van der Waals surface area contributed by atoms with Crippen LogP contribution in [0.25, 0.3) is 0 Å². The molecule has 0 bridgehead atoms. The van der Waals surface area contributed by atoms with E-state index in [1.165, 1.54) is 0 Å². The monoisotopic (exact) mass is 501 g/mol. The molecule has 2 aromatic carbocycles. The van der Waals surface area contributed by atoms with Crippen molar-refractivity contribution in [2.75, 3.05) is 5.32 Å². The predicted octanol–water partition coefficient (Wildman–Crippen LogP) is 6.02. The molecule has 0 fully saturated rings. The Labute approximate surface area is 171 Å². The Morgan fingerprint density at radius 3 is 2.52 bits per heavy atom. The Kier molecular flexibility index (Phi) is 5.84. The number of nitrogens with zero attached hydrogens (tertiary/aromatic N) is 2. The van der Waals surface area contributed by atoms with Crippen molar-refractivity contribution in [2.45, 2.75) is 6.54 Å². The van der Waals surface area contributed by atoms with Crippen LogP contribution in [0.1, 0.15) is 15.9 Å².